The van der Waals surface area contributed by atoms with Crippen molar-refractivity contribution in [2.24, 2.45) is 17.8 Å². The largest absolute Gasteiger partial charge is 0.391 e. The molecule has 11 amide bonds. The first-order chi connectivity index (χ1) is 49.4. The minimum absolute atomic E-state index is 0.0459. The highest BCUT2D eigenvalue weighted by atomic mass is 16.5. The van der Waals surface area contributed by atoms with Crippen molar-refractivity contribution >= 4 is 71.3 Å². The van der Waals surface area contributed by atoms with Gasteiger partial charge in [0.2, 0.25) is 65.0 Å². The van der Waals surface area contributed by atoms with Crippen LogP contribution >= 0.6 is 0 Å². The molecule has 3 aliphatic heterocycles. The molecule has 11 atom stereocenters. The normalized spacial score (nSPS) is 25.8. The third kappa shape index (κ3) is 22.7. The predicted octanol–water partition coefficient (Wildman–Crippen LogP) is 3.98. The fraction of sp³-hybridized carbons (Fsp3) is 0.620. The Kier molecular flexibility index (Phi) is 31.4. The summed E-state index contributed by atoms with van der Waals surface area (Å²) >= 11 is 0. The Morgan fingerprint density at radius 1 is 0.571 bits per heavy atom. The number of rotatable bonds is 16. The Bertz CT molecular complexity index is 3460. The quantitative estimate of drug-likeness (QED) is 0.148. The molecule has 3 aromatic carbocycles. The summed E-state index contributed by atoms with van der Waals surface area (Å²) in [5.41, 5.74) is -0.666. The SMILES string of the molecule is CC(C)C[C@@H]1NCC(C=O)(Cc2ccccc2)N(C)C(=O)[C@@H]2CCCN2C(=O)C[C@@H](C(=O)N2CCCCC2)N(C)C(=O)[C@H](Cc2ccccc2)N(C)C(=O)[C@H](Cc2ccccc2)N(C)C(=O)[C@H](COC(C)(C)C)NC(=O)[C@H](C(C)C)N(C)C(=O)CN(C)C(=O)[C@H]([C@@H](C)O)NC(=O)[C@H](CC(C)C)N(C)C1=O. The Hall–Kier alpha value is -8.62. The third-order valence-corrected chi connectivity index (χ3v) is 20.6. The van der Waals surface area contributed by atoms with Crippen LogP contribution in [0.5, 0.6) is 0 Å². The first kappa shape index (κ1) is 85.3. The van der Waals surface area contributed by atoms with E-state index in [4.69, 9.17) is 4.74 Å². The molecule has 3 fully saturated rings. The molecule has 0 spiro atoms. The minimum atomic E-state index is -1.73. The van der Waals surface area contributed by atoms with Crippen LogP contribution in [0.3, 0.4) is 0 Å². The molecule has 0 aromatic heterocycles. The number of hydrogen-bond acceptors (Lipinski definition) is 15. The van der Waals surface area contributed by atoms with Gasteiger partial charge in [-0.15, -0.1) is 0 Å². The van der Waals surface area contributed by atoms with Crippen LogP contribution in [0.4, 0.5) is 0 Å². The molecule has 0 radical (unpaired) electrons. The maximum atomic E-state index is 16.0. The van der Waals surface area contributed by atoms with Crippen molar-refractivity contribution in [2.75, 3.05) is 88.7 Å². The van der Waals surface area contributed by atoms with Crippen LogP contribution in [0.15, 0.2) is 91.0 Å². The molecule has 0 aliphatic carbocycles. The van der Waals surface area contributed by atoms with Crippen molar-refractivity contribution in [1.29, 1.82) is 0 Å². The van der Waals surface area contributed by atoms with E-state index in [9.17, 15) is 24.3 Å². The first-order valence-corrected chi connectivity index (χ1v) is 37.1. The van der Waals surface area contributed by atoms with E-state index in [-0.39, 0.29) is 63.5 Å². The van der Waals surface area contributed by atoms with Crippen molar-refractivity contribution in [3.63, 3.8) is 0 Å². The van der Waals surface area contributed by atoms with Gasteiger partial charge in [-0.25, -0.2) is 0 Å². The lowest BCUT2D eigenvalue weighted by molar-refractivity contribution is -0.156. The number of benzene rings is 3. The predicted molar refractivity (Wildman–Crippen MR) is 399 cm³/mol. The minimum Gasteiger partial charge on any atom is -0.391 e. The van der Waals surface area contributed by atoms with Gasteiger partial charge in [0.25, 0.3) is 0 Å². The molecule has 0 bridgehead atoms. The van der Waals surface area contributed by atoms with Gasteiger partial charge in [-0.1, -0.05) is 133 Å². The fourth-order valence-corrected chi connectivity index (χ4v) is 14.2. The van der Waals surface area contributed by atoms with E-state index in [0.29, 0.717) is 55.3 Å². The maximum Gasteiger partial charge on any atom is 0.248 e. The van der Waals surface area contributed by atoms with E-state index >= 15 is 38.4 Å². The number of aldehydes is 1. The zero-order chi connectivity index (χ0) is 77.9. The molecule has 6 rings (SSSR count). The molecule has 3 saturated heterocycles. The number of amides is 11. The highest BCUT2D eigenvalue weighted by molar-refractivity contribution is 5.99. The molecule has 0 saturated carbocycles. The second kappa shape index (κ2) is 38.6. The highest BCUT2D eigenvalue weighted by Crippen LogP contribution is 2.29. The molecule has 4 N–H and O–H groups in total. The molecular formula is C79H118N12O14. The van der Waals surface area contributed by atoms with E-state index < -0.39 is 162 Å². The van der Waals surface area contributed by atoms with Crippen molar-refractivity contribution in [3.05, 3.63) is 108 Å². The second-order valence-electron chi connectivity index (χ2n) is 31.1. The van der Waals surface area contributed by atoms with Crippen LogP contribution in [0, 0.1) is 17.8 Å². The summed E-state index contributed by atoms with van der Waals surface area (Å²) < 4.78 is 6.23. The van der Waals surface area contributed by atoms with Gasteiger partial charge in [-0.05, 0) is 107 Å². The number of carbonyl (C=O) groups is 12. The molecule has 578 valence electrons. The fourth-order valence-electron chi connectivity index (χ4n) is 14.2. The van der Waals surface area contributed by atoms with Crippen LogP contribution in [-0.4, -0.2) is 281 Å². The van der Waals surface area contributed by atoms with Crippen LogP contribution < -0.4 is 16.0 Å². The Balaban J connectivity index is 1.54. The van der Waals surface area contributed by atoms with Crippen LogP contribution in [-0.2, 0) is 81.5 Å². The van der Waals surface area contributed by atoms with E-state index in [1.807, 2.05) is 33.8 Å². The zero-order valence-corrected chi connectivity index (χ0v) is 65.0. The third-order valence-electron chi connectivity index (χ3n) is 20.6. The topological polar surface area (TPSA) is 300 Å². The molecule has 26 nitrogen and oxygen atoms in total. The first-order valence-electron chi connectivity index (χ1n) is 37.1. The molecule has 3 heterocycles. The van der Waals surface area contributed by atoms with Gasteiger partial charge in [0, 0.05) is 94.8 Å². The number of aliphatic hydroxyl groups excluding tert-OH is 1. The van der Waals surface area contributed by atoms with Gasteiger partial charge >= 0.3 is 0 Å². The van der Waals surface area contributed by atoms with Gasteiger partial charge in [-0.3, -0.25) is 52.7 Å². The number of ether oxygens (including phenoxy) is 1. The summed E-state index contributed by atoms with van der Waals surface area (Å²) in [6, 6.07) is 14.7. The van der Waals surface area contributed by atoms with Crippen LogP contribution in [0.25, 0.3) is 0 Å². The smallest absolute Gasteiger partial charge is 0.248 e. The number of nitrogens with zero attached hydrogens (tertiary/aromatic N) is 9. The molecule has 26 heteroatoms. The standard InChI is InChI=1S/C79H118N12O14/c1-51(2)41-58-71(98)84(12)61(42-52(3)4)69(96)82-67(54(7)93)77(104)83(11)47-66(95)88(16)68(53(5)6)70(97)81-59(48-105-78(8,9)10)72(99)85(13)62(43-55-31-22-18-23-32-55)73(100)86(14)63(44-56-33-24-19-25-34-56)74(101)87(15)64(76(103)90-38-28-21-29-39-90)45-65(94)91-40-30-37-60(91)75(102)89(17)79(50-92,49-80-58)46-57-35-26-20-27-36-57/h18-20,22-27,31-36,50-54,58-64,67-68,80,93H,21,28-30,37-49H2,1-17H3,(H,81,97)(H,82,96)/t54-,58+,59+,60+,61+,62+,63+,64+,67+,68+,79?/m1/s1. The molecular weight excluding hydrogens is 1340 g/mol. The highest BCUT2D eigenvalue weighted by Gasteiger charge is 2.48. The maximum absolute atomic E-state index is 16.0. The van der Waals surface area contributed by atoms with Gasteiger partial charge in [0.15, 0.2) is 0 Å². The second-order valence-corrected chi connectivity index (χ2v) is 31.1. The van der Waals surface area contributed by atoms with Crippen molar-refractivity contribution in [2.45, 2.75) is 211 Å². The monoisotopic (exact) mass is 1460 g/mol. The molecule has 1 unspecified atom stereocenters. The lowest BCUT2D eigenvalue weighted by Gasteiger charge is -2.42. The molecule has 3 aliphatic rings. The summed E-state index contributed by atoms with van der Waals surface area (Å²) in [6.45, 7) is 16.9. The van der Waals surface area contributed by atoms with E-state index in [2.05, 4.69) is 16.0 Å². The van der Waals surface area contributed by atoms with Crippen molar-refractivity contribution < 1.29 is 67.4 Å². The average molecular weight is 1460 g/mol. The Morgan fingerprint density at radius 3 is 1.58 bits per heavy atom. The summed E-state index contributed by atoms with van der Waals surface area (Å²) in [5, 5.41) is 20.2. The Morgan fingerprint density at radius 2 is 1.08 bits per heavy atom. The Labute approximate surface area is 621 Å². The number of fused-ring (bicyclic) bond motifs is 1. The van der Waals surface area contributed by atoms with Crippen LogP contribution in [0.2, 0.25) is 0 Å². The lowest BCUT2D eigenvalue weighted by atomic mass is 9.88. The summed E-state index contributed by atoms with van der Waals surface area (Å²) in [6.07, 6.45) is 1.35. The lowest BCUT2D eigenvalue weighted by Crippen LogP contribution is -2.64. The van der Waals surface area contributed by atoms with Crippen molar-refractivity contribution in [3.8, 4) is 0 Å². The number of likely N-dealkylation sites (N-methyl/N-ethyl adjacent to an activating group) is 7. The number of likely N-dealkylation sites (tertiary alicyclic amines) is 1. The average Bonchev–Trinajstić information content (AvgIpc) is 1.77. The van der Waals surface area contributed by atoms with E-state index in [1.165, 1.54) is 85.7 Å². The van der Waals surface area contributed by atoms with E-state index in [1.54, 1.807) is 124 Å². The van der Waals surface area contributed by atoms with E-state index in [0.717, 1.165) is 16.2 Å². The van der Waals surface area contributed by atoms with Gasteiger partial charge in [0.1, 0.15) is 60.2 Å². The van der Waals surface area contributed by atoms with Gasteiger partial charge in [-0.2, -0.15) is 0 Å². The van der Waals surface area contributed by atoms with Gasteiger partial charge in [0.05, 0.1) is 37.3 Å². The van der Waals surface area contributed by atoms with Gasteiger partial charge < -0.3 is 74.7 Å². The molecule has 3 aromatic rings. The molecule has 105 heavy (non-hydrogen) atoms. The number of carbonyl (C=O) groups excluding carboxylic acids is 12. The number of nitrogens with one attached hydrogen (secondary N) is 3. The summed E-state index contributed by atoms with van der Waals surface area (Å²) in [4.78, 5) is 194. The number of hydrogen-bond donors (Lipinski definition) is 4. The number of piperidine rings is 1. The van der Waals surface area contributed by atoms with Crippen LogP contribution in [0.1, 0.15) is 137 Å². The van der Waals surface area contributed by atoms with Crippen molar-refractivity contribution in [1.82, 2.24) is 60.0 Å². The summed E-state index contributed by atoms with van der Waals surface area (Å²) in [7, 11) is 9.89. The number of aliphatic hydroxyl groups is 1. The zero-order valence-electron chi connectivity index (χ0n) is 65.0. The summed E-state index contributed by atoms with van der Waals surface area (Å²) in [5.74, 6) is -8.63.